The molecule has 7 nitrogen and oxygen atoms in total. The highest BCUT2D eigenvalue weighted by molar-refractivity contribution is 7.89. The zero-order valence-electron chi connectivity index (χ0n) is 12.6. The minimum Gasteiger partial charge on any atom is -0.293 e. The lowest BCUT2D eigenvalue weighted by Gasteiger charge is -2.34. The number of nitrogens with zero attached hydrogens (tertiary/aromatic N) is 5. The Morgan fingerprint density at radius 1 is 1.20 bits per heavy atom. The average molecular weight is 301 g/mol. The third-order valence-corrected chi connectivity index (χ3v) is 5.95. The van der Waals surface area contributed by atoms with Crippen LogP contribution in [0.4, 0.5) is 0 Å². The minimum absolute atomic E-state index is 0.353. The number of hydrogen-bond donors (Lipinski definition) is 0. The predicted octanol–water partition coefficient (Wildman–Crippen LogP) is -0.0207. The van der Waals surface area contributed by atoms with Gasteiger partial charge in [0.1, 0.15) is 5.82 Å². The van der Waals surface area contributed by atoms with Crippen LogP contribution in [0, 0.1) is 6.92 Å². The van der Waals surface area contributed by atoms with E-state index in [-0.39, 0.29) is 5.25 Å². The molecule has 0 spiro atoms. The van der Waals surface area contributed by atoms with Crippen molar-refractivity contribution in [3.63, 3.8) is 0 Å². The van der Waals surface area contributed by atoms with Crippen LogP contribution >= 0.6 is 0 Å². The molecule has 0 saturated carbocycles. The molecule has 0 unspecified atom stereocenters. The summed E-state index contributed by atoms with van der Waals surface area (Å²) in [5.41, 5.74) is 0. The van der Waals surface area contributed by atoms with Crippen LogP contribution in [-0.4, -0.2) is 63.8 Å². The Morgan fingerprint density at radius 3 is 2.25 bits per heavy atom. The van der Waals surface area contributed by atoms with Crippen LogP contribution in [0.3, 0.4) is 0 Å². The maximum Gasteiger partial charge on any atom is 0.216 e. The first-order valence-electron chi connectivity index (χ1n) is 6.88. The lowest BCUT2D eigenvalue weighted by Crippen LogP contribution is -2.50. The third-order valence-electron chi connectivity index (χ3n) is 3.68. The molecule has 8 heteroatoms. The third kappa shape index (κ3) is 3.18. The zero-order valence-corrected chi connectivity index (χ0v) is 13.4. The van der Waals surface area contributed by atoms with Crippen LogP contribution in [0.2, 0.25) is 0 Å². The molecule has 0 atom stereocenters. The van der Waals surface area contributed by atoms with Crippen molar-refractivity contribution < 1.29 is 8.42 Å². The molecular formula is C12H23N5O2S. The molecule has 1 fully saturated rings. The van der Waals surface area contributed by atoms with Crippen molar-refractivity contribution >= 4 is 10.0 Å². The summed E-state index contributed by atoms with van der Waals surface area (Å²) in [5.74, 6) is 1.69. The van der Waals surface area contributed by atoms with Gasteiger partial charge in [-0.25, -0.2) is 13.4 Å². The van der Waals surface area contributed by atoms with Crippen molar-refractivity contribution in [3.8, 4) is 0 Å². The number of piperazine rings is 1. The second kappa shape index (κ2) is 5.79. The van der Waals surface area contributed by atoms with Crippen LogP contribution in [0.15, 0.2) is 0 Å². The van der Waals surface area contributed by atoms with E-state index in [1.165, 1.54) is 0 Å². The van der Waals surface area contributed by atoms with Gasteiger partial charge in [0.25, 0.3) is 0 Å². The molecule has 1 aromatic rings. The van der Waals surface area contributed by atoms with Gasteiger partial charge in [0.15, 0.2) is 5.82 Å². The minimum atomic E-state index is -3.13. The van der Waals surface area contributed by atoms with Crippen LogP contribution in [0.25, 0.3) is 0 Å². The predicted molar refractivity (Wildman–Crippen MR) is 76.6 cm³/mol. The molecule has 0 N–H and O–H groups in total. The Morgan fingerprint density at radius 2 is 1.80 bits per heavy atom. The molecule has 0 radical (unpaired) electrons. The van der Waals surface area contributed by atoms with Crippen LogP contribution < -0.4 is 0 Å². The quantitative estimate of drug-likeness (QED) is 0.781. The molecule has 0 bridgehead atoms. The van der Waals surface area contributed by atoms with Gasteiger partial charge in [0, 0.05) is 33.2 Å². The molecule has 20 heavy (non-hydrogen) atoms. The van der Waals surface area contributed by atoms with Gasteiger partial charge in [0.2, 0.25) is 10.0 Å². The second-order valence-corrected chi connectivity index (χ2v) is 7.96. The van der Waals surface area contributed by atoms with Gasteiger partial charge in [-0.2, -0.15) is 9.40 Å². The molecule has 0 aromatic carbocycles. The SMILES string of the molecule is Cc1nc(CN2CCN(S(=O)(=O)C(C)C)CC2)nn1C. The van der Waals surface area contributed by atoms with Gasteiger partial charge in [0.05, 0.1) is 11.8 Å². The van der Waals surface area contributed by atoms with Gasteiger partial charge >= 0.3 is 0 Å². The molecule has 1 saturated heterocycles. The molecular weight excluding hydrogens is 278 g/mol. The Bertz CT molecular complexity index is 539. The van der Waals surface area contributed by atoms with Gasteiger partial charge in [-0.3, -0.25) is 9.58 Å². The summed E-state index contributed by atoms with van der Waals surface area (Å²) in [6.45, 7) is 8.59. The Balaban J connectivity index is 1.92. The first kappa shape index (κ1) is 15.4. The Kier molecular flexibility index (Phi) is 4.46. The van der Waals surface area contributed by atoms with E-state index in [0.29, 0.717) is 19.6 Å². The summed E-state index contributed by atoms with van der Waals surface area (Å²) in [6.07, 6.45) is 0. The van der Waals surface area contributed by atoms with Gasteiger partial charge in [-0.15, -0.1) is 0 Å². The molecule has 114 valence electrons. The molecule has 1 aliphatic heterocycles. The van der Waals surface area contributed by atoms with Crippen LogP contribution in [-0.2, 0) is 23.6 Å². The zero-order chi connectivity index (χ0) is 14.9. The summed E-state index contributed by atoms with van der Waals surface area (Å²) in [7, 11) is -1.25. The van der Waals surface area contributed by atoms with E-state index < -0.39 is 10.0 Å². The van der Waals surface area contributed by atoms with Gasteiger partial charge < -0.3 is 0 Å². The lowest BCUT2D eigenvalue weighted by molar-refractivity contribution is 0.177. The molecule has 1 aromatic heterocycles. The van der Waals surface area contributed by atoms with Crippen molar-refractivity contribution in [2.24, 2.45) is 7.05 Å². The van der Waals surface area contributed by atoms with Crippen LogP contribution in [0.5, 0.6) is 0 Å². The largest absolute Gasteiger partial charge is 0.293 e. The molecule has 2 heterocycles. The maximum absolute atomic E-state index is 12.1. The maximum atomic E-state index is 12.1. The van der Waals surface area contributed by atoms with Crippen molar-refractivity contribution in [1.29, 1.82) is 0 Å². The van der Waals surface area contributed by atoms with Crippen molar-refractivity contribution in [2.75, 3.05) is 26.2 Å². The van der Waals surface area contributed by atoms with E-state index in [1.807, 2.05) is 14.0 Å². The summed E-state index contributed by atoms with van der Waals surface area (Å²) in [5, 5.41) is 3.98. The number of aryl methyl sites for hydroxylation is 2. The Hall–Kier alpha value is -0.990. The van der Waals surface area contributed by atoms with Gasteiger partial charge in [-0.1, -0.05) is 0 Å². The first-order chi connectivity index (χ1) is 9.30. The summed E-state index contributed by atoms with van der Waals surface area (Å²) < 4.78 is 27.5. The van der Waals surface area contributed by atoms with E-state index in [9.17, 15) is 8.42 Å². The summed E-state index contributed by atoms with van der Waals surface area (Å²) >= 11 is 0. The molecule has 1 aliphatic rings. The van der Waals surface area contributed by atoms with E-state index in [4.69, 9.17) is 0 Å². The number of rotatable bonds is 4. The average Bonchev–Trinajstić information content (AvgIpc) is 2.68. The van der Waals surface area contributed by atoms with Crippen molar-refractivity contribution in [2.45, 2.75) is 32.6 Å². The fraction of sp³-hybridized carbons (Fsp3) is 0.833. The number of sulfonamides is 1. The smallest absolute Gasteiger partial charge is 0.216 e. The van der Waals surface area contributed by atoms with E-state index in [2.05, 4.69) is 15.0 Å². The lowest BCUT2D eigenvalue weighted by atomic mass is 10.3. The van der Waals surface area contributed by atoms with Crippen LogP contribution in [0.1, 0.15) is 25.5 Å². The highest BCUT2D eigenvalue weighted by Gasteiger charge is 2.29. The normalized spacial score (nSPS) is 18.9. The highest BCUT2D eigenvalue weighted by atomic mass is 32.2. The van der Waals surface area contributed by atoms with Crippen molar-refractivity contribution in [3.05, 3.63) is 11.6 Å². The fourth-order valence-corrected chi connectivity index (χ4v) is 3.50. The monoisotopic (exact) mass is 301 g/mol. The van der Waals surface area contributed by atoms with Crippen molar-refractivity contribution in [1.82, 2.24) is 24.0 Å². The summed E-state index contributed by atoms with van der Waals surface area (Å²) in [4.78, 5) is 6.57. The Labute approximate surface area is 120 Å². The molecule has 0 amide bonds. The first-order valence-corrected chi connectivity index (χ1v) is 8.39. The number of aromatic nitrogens is 3. The topological polar surface area (TPSA) is 71.3 Å². The molecule has 2 rings (SSSR count). The second-order valence-electron chi connectivity index (χ2n) is 5.47. The fourth-order valence-electron chi connectivity index (χ4n) is 2.23. The van der Waals surface area contributed by atoms with Gasteiger partial charge in [-0.05, 0) is 20.8 Å². The number of hydrogen-bond acceptors (Lipinski definition) is 5. The van der Waals surface area contributed by atoms with E-state index >= 15 is 0 Å². The summed E-state index contributed by atoms with van der Waals surface area (Å²) in [6, 6.07) is 0. The standard InChI is InChI=1S/C12H23N5O2S/c1-10(2)20(18,19)17-7-5-16(6-8-17)9-12-13-11(3)15(4)14-12/h10H,5-9H2,1-4H3. The van der Waals surface area contributed by atoms with E-state index in [0.717, 1.165) is 24.7 Å². The molecule has 0 aliphatic carbocycles. The highest BCUT2D eigenvalue weighted by Crippen LogP contribution is 2.13. The van der Waals surface area contributed by atoms with E-state index in [1.54, 1.807) is 22.8 Å².